The first-order chi connectivity index (χ1) is 9.11. The first-order valence-corrected chi connectivity index (χ1v) is 9.52. The van der Waals surface area contributed by atoms with Crippen molar-refractivity contribution in [3.05, 3.63) is 33.4 Å². The zero-order valence-electron chi connectivity index (χ0n) is 11.5. The summed E-state index contributed by atoms with van der Waals surface area (Å²) in [5.74, 6) is -0.0566. The molecule has 1 rings (SSSR count). The van der Waals surface area contributed by atoms with Crippen LogP contribution < -0.4 is 0 Å². The largest absolute Gasteiger partial charge is 0.292 e. The zero-order valence-corrected chi connectivity index (χ0v) is 17.8. The van der Waals surface area contributed by atoms with Gasteiger partial charge < -0.3 is 0 Å². The number of ketones is 2. The van der Waals surface area contributed by atoms with Crippen LogP contribution in [0.25, 0.3) is 0 Å². The summed E-state index contributed by atoms with van der Waals surface area (Å²) in [6.07, 6.45) is 0. The molecule has 0 saturated carbocycles. The van der Waals surface area contributed by atoms with Gasteiger partial charge >= 0.3 is 0 Å². The van der Waals surface area contributed by atoms with Gasteiger partial charge in [0.1, 0.15) is 7.47 Å². The molecule has 0 spiro atoms. The van der Waals surface area contributed by atoms with Crippen LogP contribution >= 0.6 is 63.7 Å². The molecule has 0 unspecified atom stereocenters. The molecule has 0 radical (unpaired) electrons. The molecule has 1 aromatic carbocycles. The molecule has 0 fully saturated rings. The van der Waals surface area contributed by atoms with Gasteiger partial charge in [-0.3, -0.25) is 9.59 Å². The molecule has 0 bridgehead atoms. The maximum absolute atomic E-state index is 12.3. The first kappa shape index (κ1) is 18.5. The van der Waals surface area contributed by atoms with Crippen LogP contribution in [-0.4, -0.2) is 19.0 Å². The van der Waals surface area contributed by atoms with Crippen LogP contribution in [0.2, 0.25) is 0 Å². The van der Waals surface area contributed by atoms with Gasteiger partial charge in [-0.15, -0.1) is 0 Å². The number of benzene rings is 1. The quantitative estimate of drug-likeness (QED) is 0.377. The average Bonchev–Trinajstić information content (AvgIpc) is 2.36. The minimum absolute atomic E-state index is 0.0283. The van der Waals surface area contributed by atoms with Gasteiger partial charge in [-0.1, -0.05) is 63.7 Å². The number of carbonyl (C=O) groups excluding carboxylic acids is 2. The minimum Gasteiger partial charge on any atom is -0.292 e. The predicted molar refractivity (Wildman–Crippen MR) is 97.3 cm³/mol. The van der Waals surface area contributed by atoms with Crippen molar-refractivity contribution in [2.75, 3.05) is 0 Å². The van der Waals surface area contributed by atoms with Crippen molar-refractivity contribution >= 4 is 75.3 Å². The van der Waals surface area contributed by atoms with Gasteiger partial charge in [0.25, 0.3) is 0 Å². The molecule has 0 aliphatic rings. The topological polar surface area (TPSA) is 34.1 Å². The molecule has 2 nitrogen and oxygen atoms in total. The second-order valence-electron chi connectivity index (χ2n) is 4.58. The van der Waals surface area contributed by atoms with Crippen LogP contribution in [0.1, 0.15) is 43.0 Å². The number of Topliss-reactive ketones (excluding diaryl/α,β-unsaturated/α-hetero) is 2. The molecule has 6 heteroatoms. The summed E-state index contributed by atoms with van der Waals surface area (Å²) < 4.78 is -0.847. The lowest BCUT2D eigenvalue weighted by molar-refractivity contribution is 0.0999. The Labute approximate surface area is 152 Å². The van der Waals surface area contributed by atoms with E-state index >= 15 is 0 Å². The Morgan fingerprint density at radius 2 is 0.850 bits per heavy atom. The summed E-state index contributed by atoms with van der Waals surface area (Å²) in [5.41, 5.74) is 4.76. The van der Waals surface area contributed by atoms with Crippen molar-refractivity contribution < 1.29 is 9.59 Å². The second-order valence-corrected chi connectivity index (χ2v) is 10.7. The lowest BCUT2D eigenvalue weighted by Gasteiger charge is -2.20. The van der Waals surface area contributed by atoms with Crippen LogP contribution in [0.5, 0.6) is 0 Å². The smallest absolute Gasteiger partial charge is 0.187 e. The first-order valence-electron chi connectivity index (χ1n) is 5.86. The van der Waals surface area contributed by atoms with Crippen molar-refractivity contribution in [2.24, 2.45) is 0 Å². The molecule has 0 N–H and O–H groups in total. The van der Waals surface area contributed by atoms with E-state index in [0.29, 0.717) is 11.1 Å². The van der Waals surface area contributed by atoms with E-state index in [2.05, 4.69) is 63.7 Å². The predicted octanol–water partition coefficient (Wildman–Crippen LogP) is 5.52. The highest BCUT2D eigenvalue weighted by Gasteiger charge is 2.26. The number of alkyl halides is 4. The molecule has 0 heterocycles. The van der Waals surface area contributed by atoms with Gasteiger partial charge in [-0.2, -0.15) is 0 Å². The van der Waals surface area contributed by atoms with Gasteiger partial charge in [0.05, 0.1) is 0 Å². The molecule has 0 aliphatic carbocycles. The van der Waals surface area contributed by atoms with E-state index in [1.807, 2.05) is 27.7 Å². The van der Waals surface area contributed by atoms with Crippen molar-refractivity contribution in [1.82, 2.24) is 0 Å². The van der Waals surface area contributed by atoms with Crippen molar-refractivity contribution in [3.63, 3.8) is 0 Å². The Bertz CT molecular complexity index is 497. The summed E-state index contributed by atoms with van der Waals surface area (Å²) in [6.45, 7) is 7.52. The summed E-state index contributed by atoms with van der Waals surface area (Å²) in [4.78, 5) is 24.6. The van der Waals surface area contributed by atoms with Gasteiger partial charge in [0.15, 0.2) is 11.6 Å². The second kappa shape index (κ2) is 7.16. The number of carbonyl (C=O) groups is 2. The molecule has 0 aliphatic heterocycles. The van der Waals surface area contributed by atoms with Crippen molar-refractivity contribution in [2.45, 2.75) is 35.2 Å². The fraction of sp³-hybridized carbons (Fsp3) is 0.429. The summed E-state index contributed by atoms with van der Waals surface area (Å²) >= 11 is 13.0. The Morgan fingerprint density at radius 3 is 1.00 bits per heavy atom. The third-order valence-electron chi connectivity index (χ3n) is 3.51. The third-order valence-corrected chi connectivity index (χ3v) is 5.18. The van der Waals surface area contributed by atoms with E-state index in [-0.39, 0.29) is 11.6 Å². The summed E-state index contributed by atoms with van der Waals surface area (Å²) in [7, 11) is 0. The summed E-state index contributed by atoms with van der Waals surface area (Å²) in [5, 5.41) is 0. The van der Waals surface area contributed by atoms with Crippen molar-refractivity contribution in [1.29, 1.82) is 0 Å². The molecule has 0 amide bonds. The molecule has 0 atom stereocenters. The Balaban J connectivity index is 3.66. The lowest BCUT2D eigenvalue weighted by Crippen LogP contribution is -2.18. The fourth-order valence-corrected chi connectivity index (χ4v) is 3.19. The maximum atomic E-state index is 12.3. The monoisotopic (exact) mass is 530 g/mol. The van der Waals surface area contributed by atoms with E-state index in [0.717, 1.165) is 22.3 Å². The zero-order chi connectivity index (χ0) is 15.8. The highest BCUT2D eigenvalue weighted by atomic mass is 79.9. The van der Waals surface area contributed by atoms with Gasteiger partial charge in [-0.05, 0) is 49.9 Å². The number of hydrogen-bond acceptors (Lipinski definition) is 2. The molecular weight excluding hydrogens is 520 g/mol. The average molecular weight is 534 g/mol. The van der Waals surface area contributed by atoms with Crippen molar-refractivity contribution in [3.8, 4) is 0 Å². The SMILES string of the molecule is Cc1c(C)c(C(=O)C(Br)Br)c(C)c(C)c1C(=O)C(Br)Br. The fourth-order valence-electron chi connectivity index (χ4n) is 2.27. The summed E-state index contributed by atoms with van der Waals surface area (Å²) in [6, 6.07) is 0. The van der Waals surface area contributed by atoms with E-state index in [9.17, 15) is 9.59 Å². The Morgan fingerprint density at radius 1 is 0.650 bits per heavy atom. The third kappa shape index (κ3) is 3.45. The molecule has 0 saturated heterocycles. The number of halogens is 4. The van der Waals surface area contributed by atoms with Crippen LogP contribution in [-0.2, 0) is 0 Å². The normalized spacial score (nSPS) is 11.3. The molecule has 0 aromatic heterocycles. The van der Waals surface area contributed by atoms with Gasteiger partial charge in [0, 0.05) is 11.1 Å². The molecule has 110 valence electrons. The highest BCUT2D eigenvalue weighted by Crippen LogP contribution is 2.32. The van der Waals surface area contributed by atoms with Crippen LogP contribution in [0.3, 0.4) is 0 Å². The molecule has 20 heavy (non-hydrogen) atoms. The van der Waals surface area contributed by atoms with Gasteiger partial charge in [-0.25, -0.2) is 0 Å². The number of hydrogen-bond donors (Lipinski definition) is 0. The van der Waals surface area contributed by atoms with Crippen LogP contribution in [0.4, 0.5) is 0 Å². The van der Waals surface area contributed by atoms with E-state index < -0.39 is 7.47 Å². The number of rotatable bonds is 4. The lowest BCUT2D eigenvalue weighted by atomic mass is 9.86. The van der Waals surface area contributed by atoms with E-state index in [4.69, 9.17) is 0 Å². The van der Waals surface area contributed by atoms with Crippen LogP contribution in [0, 0.1) is 27.7 Å². The van der Waals surface area contributed by atoms with Gasteiger partial charge in [0.2, 0.25) is 0 Å². The standard InChI is InChI=1S/C14H14Br4O2/c1-5-6(2)10(12(20)14(17)18)8(4)7(3)9(5)11(19)13(15)16/h13-14H,1-4H3. The molecular formula is C14H14Br4O2. The highest BCUT2D eigenvalue weighted by molar-refractivity contribution is 9.25. The maximum Gasteiger partial charge on any atom is 0.187 e. The Hall–Kier alpha value is 0.480. The van der Waals surface area contributed by atoms with E-state index in [1.54, 1.807) is 0 Å². The van der Waals surface area contributed by atoms with E-state index in [1.165, 1.54) is 0 Å². The molecule has 1 aromatic rings. The minimum atomic E-state index is -0.423. The Kier molecular flexibility index (Phi) is 6.63. The van der Waals surface area contributed by atoms with Crippen LogP contribution in [0.15, 0.2) is 0 Å².